The molecule has 1 fully saturated rings. The number of anilines is 1. The van der Waals surface area contributed by atoms with Crippen LogP contribution in [0.3, 0.4) is 0 Å². The van der Waals surface area contributed by atoms with Gasteiger partial charge in [0.15, 0.2) is 5.60 Å². The summed E-state index contributed by atoms with van der Waals surface area (Å²) >= 11 is 0. The second kappa shape index (κ2) is 8.01. The fourth-order valence-electron chi connectivity index (χ4n) is 3.99. The van der Waals surface area contributed by atoms with Crippen molar-refractivity contribution in [1.82, 2.24) is 9.80 Å². The molecule has 0 aromatic heterocycles. The molecule has 1 aromatic rings. The highest BCUT2D eigenvalue weighted by atomic mass is 16.3. The number of carbonyl (C=O) groups is 2. The van der Waals surface area contributed by atoms with Crippen LogP contribution in [0, 0.1) is 5.92 Å². The zero-order valence-electron chi connectivity index (χ0n) is 17.2. The van der Waals surface area contributed by atoms with E-state index in [-0.39, 0.29) is 12.3 Å². The first-order chi connectivity index (χ1) is 13.3. The molecule has 3 rings (SSSR count). The predicted molar refractivity (Wildman–Crippen MR) is 109 cm³/mol. The summed E-state index contributed by atoms with van der Waals surface area (Å²) in [5.41, 5.74) is -0.170. The van der Waals surface area contributed by atoms with Crippen molar-refractivity contribution in [1.29, 1.82) is 0 Å². The lowest BCUT2D eigenvalue weighted by Crippen LogP contribution is -2.45. The summed E-state index contributed by atoms with van der Waals surface area (Å²) in [7, 11) is 2.11. The Morgan fingerprint density at radius 2 is 2.14 bits per heavy atom. The SMILES string of the molecule is CCN(C[C@H]1CCN(C)C1)C(=O)c1cccc(N2N=C(C)[C@@](O)(CC)C2=O)c1. The molecule has 1 N–H and O–H groups in total. The summed E-state index contributed by atoms with van der Waals surface area (Å²) in [4.78, 5) is 29.9. The van der Waals surface area contributed by atoms with Crippen LogP contribution in [0.1, 0.15) is 44.0 Å². The van der Waals surface area contributed by atoms with E-state index in [1.165, 1.54) is 5.01 Å². The Hall–Kier alpha value is -2.25. The molecular formula is C21H30N4O3. The van der Waals surface area contributed by atoms with Crippen molar-refractivity contribution in [2.45, 2.75) is 39.2 Å². The van der Waals surface area contributed by atoms with Crippen LogP contribution in [0.25, 0.3) is 0 Å². The van der Waals surface area contributed by atoms with Gasteiger partial charge in [-0.1, -0.05) is 13.0 Å². The molecule has 0 bridgehead atoms. The Morgan fingerprint density at radius 3 is 2.71 bits per heavy atom. The molecule has 1 saturated heterocycles. The van der Waals surface area contributed by atoms with Gasteiger partial charge in [-0.05, 0) is 64.4 Å². The molecule has 7 heteroatoms. The lowest BCUT2D eigenvalue weighted by molar-refractivity contribution is -0.129. The summed E-state index contributed by atoms with van der Waals surface area (Å²) in [6, 6.07) is 6.93. The Bertz CT molecular complexity index is 794. The van der Waals surface area contributed by atoms with Crippen LogP contribution >= 0.6 is 0 Å². The number of hydrogen-bond donors (Lipinski definition) is 1. The van der Waals surface area contributed by atoms with E-state index < -0.39 is 11.5 Å². The van der Waals surface area contributed by atoms with Crippen LogP contribution in [-0.2, 0) is 4.79 Å². The minimum absolute atomic E-state index is 0.0444. The molecular weight excluding hydrogens is 356 g/mol. The minimum atomic E-state index is -1.57. The van der Waals surface area contributed by atoms with Gasteiger partial charge in [0, 0.05) is 25.2 Å². The minimum Gasteiger partial charge on any atom is -0.374 e. The van der Waals surface area contributed by atoms with Crippen molar-refractivity contribution >= 4 is 23.2 Å². The maximum atomic E-state index is 13.1. The van der Waals surface area contributed by atoms with E-state index >= 15 is 0 Å². The second-order valence-electron chi connectivity index (χ2n) is 7.83. The lowest BCUT2D eigenvalue weighted by atomic mass is 9.95. The summed E-state index contributed by atoms with van der Waals surface area (Å²) in [5, 5.41) is 16.0. The van der Waals surface area contributed by atoms with Crippen molar-refractivity contribution in [2.75, 3.05) is 38.2 Å². The molecule has 0 spiro atoms. The smallest absolute Gasteiger partial charge is 0.285 e. The van der Waals surface area contributed by atoms with Gasteiger partial charge in [-0.2, -0.15) is 10.1 Å². The van der Waals surface area contributed by atoms with E-state index in [9.17, 15) is 14.7 Å². The monoisotopic (exact) mass is 386 g/mol. The van der Waals surface area contributed by atoms with Crippen LogP contribution in [-0.4, -0.2) is 71.3 Å². The van der Waals surface area contributed by atoms with Gasteiger partial charge in [-0.25, -0.2) is 0 Å². The Balaban J connectivity index is 1.79. The lowest BCUT2D eigenvalue weighted by Gasteiger charge is -2.25. The Labute approximate surface area is 166 Å². The van der Waals surface area contributed by atoms with Gasteiger partial charge in [0.2, 0.25) is 0 Å². The molecule has 2 heterocycles. The molecule has 7 nitrogen and oxygen atoms in total. The number of hydrogen-bond acceptors (Lipinski definition) is 5. The van der Waals surface area contributed by atoms with E-state index in [1.54, 1.807) is 38.1 Å². The molecule has 2 amide bonds. The van der Waals surface area contributed by atoms with Gasteiger partial charge < -0.3 is 14.9 Å². The Kier molecular flexibility index (Phi) is 5.86. The third-order valence-corrected chi connectivity index (χ3v) is 5.88. The normalized spacial score (nSPS) is 25.3. The van der Waals surface area contributed by atoms with E-state index in [0.29, 0.717) is 29.4 Å². The van der Waals surface area contributed by atoms with Gasteiger partial charge in [0.1, 0.15) is 0 Å². The van der Waals surface area contributed by atoms with Gasteiger partial charge in [-0.3, -0.25) is 9.59 Å². The van der Waals surface area contributed by atoms with E-state index in [4.69, 9.17) is 0 Å². The zero-order valence-corrected chi connectivity index (χ0v) is 17.2. The third kappa shape index (κ3) is 3.69. The number of rotatable bonds is 6. The van der Waals surface area contributed by atoms with Crippen LogP contribution in [0.4, 0.5) is 5.69 Å². The molecule has 0 aliphatic carbocycles. The van der Waals surface area contributed by atoms with Crippen LogP contribution in [0.5, 0.6) is 0 Å². The van der Waals surface area contributed by atoms with Crippen LogP contribution < -0.4 is 5.01 Å². The first-order valence-corrected chi connectivity index (χ1v) is 10.0. The topological polar surface area (TPSA) is 76.4 Å². The molecule has 0 unspecified atom stereocenters. The average Bonchev–Trinajstić information content (AvgIpc) is 3.21. The highest BCUT2D eigenvalue weighted by Crippen LogP contribution is 2.29. The summed E-state index contributed by atoms with van der Waals surface area (Å²) < 4.78 is 0. The zero-order chi connectivity index (χ0) is 20.5. The molecule has 2 aliphatic heterocycles. The second-order valence-corrected chi connectivity index (χ2v) is 7.83. The highest BCUT2D eigenvalue weighted by Gasteiger charge is 2.46. The van der Waals surface area contributed by atoms with Crippen LogP contribution in [0.15, 0.2) is 29.4 Å². The number of benzene rings is 1. The fraction of sp³-hybridized carbons (Fsp3) is 0.571. The van der Waals surface area contributed by atoms with Crippen LogP contribution in [0.2, 0.25) is 0 Å². The van der Waals surface area contributed by atoms with Crippen molar-refractivity contribution in [3.63, 3.8) is 0 Å². The van der Waals surface area contributed by atoms with Crippen molar-refractivity contribution in [3.8, 4) is 0 Å². The standard InChI is InChI=1S/C21H30N4O3/c1-5-21(28)15(3)22-25(20(21)27)18-9-7-8-17(12-18)19(26)24(6-2)14-16-10-11-23(4)13-16/h7-9,12,16,28H,5-6,10-11,13-14H2,1-4H3/t16-,21-/m0/s1. The number of amides is 2. The molecule has 0 saturated carbocycles. The quantitative estimate of drug-likeness (QED) is 0.811. The number of nitrogens with zero attached hydrogens (tertiary/aromatic N) is 4. The number of aliphatic hydroxyl groups is 1. The highest BCUT2D eigenvalue weighted by molar-refractivity contribution is 6.21. The predicted octanol–water partition coefficient (Wildman–Crippen LogP) is 1.96. The molecule has 0 radical (unpaired) electrons. The maximum Gasteiger partial charge on any atom is 0.285 e. The summed E-state index contributed by atoms with van der Waals surface area (Å²) in [6.45, 7) is 8.84. The third-order valence-electron chi connectivity index (χ3n) is 5.88. The first-order valence-electron chi connectivity index (χ1n) is 10.0. The van der Waals surface area contributed by atoms with Crippen molar-refractivity contribution in [3.05, 3.63) is 29.8 Å². The fourth-order valence-corrected chi connectivity index (χ4v) is 3.99. The molecule has 1 aromatic carbocycles. The number of hydrazone groups is 1. The molecule has 2 atom stereocenters. The molecule has 2 aliphatic rings. The summed E-state index contributed by atoms with van der Waals surface area (Å²) in [5.74, 6) is -0.0282. The van der Waals surface area contributed by atoms with E-state index in [0.717, 1.165) is 26.1 Å². The van der Waals surface area contributed by atoms with Gasteiger partial charge >= 0.3 is 0 Å². The molecule has 28 heavy (non-hydrogen) atoms. The first kappa shape index (κ1) is 20.5. The van der Waals surface area contributed by atoms with Crippen molar-refractivity contribution in [2.24, 2.45) is 11.0 Å². The van der Waals surface area contributed by atoms with Gasteiger partial charge in [-0.15, -0.1) is 0 Å². The van der Waals surface area contributed by atoms with Gasteiger partial charge in [0.05, 0.1) is 11.4 Å². The summed E-state index contributed by atoms with van der Waals surface area (Å²) in [6.07, 6.45) is 1.36. The van der Waals surface area contributed by atoms with Gasteiger partial charge in [0.25, 0.3) is 11.8 Å². The number of likely N-dealkylation sites (tertiary alicyclic amines) is 1. The maximum absolute atomic E-state index is 13.1. The largest absolute Gasteiger partial charge is 0.374 e. The Morgan fingerprint density at radius 1 is 1.39 bits per heavy atom. The van der Waals surface area contributed by atoms with E-state index in [1.807, 2.05) is 11.8 Å². The average molecular weight is 386 g/mol. The van der Waals surface area contributed by atoms with Crippen molar-refractivity contribution < 1.29 is 14.7 Å². The molecule has 152 valence electrons. The number of carbonyl (C=O) groups excluding carboxylic acids is 2. The van der Waals surface area contributed by atoms with E-state index in [2.05, 4.69) is 17.0 Å².